The van der Waals surface area contributed by atoms with E-state index in [1.807, 2.05) is 13.8 Å². The van der Waals surface area contributed by atoms with Crippen LogP contribution in [0.1, 0.15) is 26.7 Å². The average molecular weight is 323 g/mol. The summed E-state index contributed by atoms with van der Waals surface area (Å²) in [6.07, 6.45) is 0.701. The highest BCUT2D eigenvalue weighted by Gasteiger charge is 2.12. The molecule has 1 aromatic carbocycles. The third-order valence-electron chi connectivity index (χ3n) is 2.44. The summed E-state index contributed by atoms with van der Waals surface area (Å²) in [6, 6.07) is 3.10. The first-order chi connectivity index (χ1) is 9.28. The zero-order valence-electron chi connectivity index (χ0n) is 12.1. The molecule has 1 aromatic rings. The second-order valence-electron chi connectivity index (χ2n) is 5.29. The van der Waals surface area contributed by atoms with Crippen molar-refractivity contribution in [1.29, 1.82) is 0 Å². The summed E-state index contributed by atoms with van der Waals surface area (Å²) in [7, 11) is 0. The summed E-state index contributed by atoms with van der Waals surface area (Å²) in [5, 5.41) is 2.70. The van der Waals surface area contributed by atoms with Gasteiger partial charge in [-0.3, -0.25) is 4.79 Å². The number of ether oxygens (including phenoxy) is 1. The third-order valence-corrected chi connectivity index (χ3v) is 2.44. The van der Waals surface area contributed by atoms with Crippen LogP contribution in [0.5, 0.6) is 5.75 Å². The zero-order valence-corrected chi connectivity index (χ0v) is 12.9. The SMILES string of the molecule is CC(C)(N)CNC(=O)CCCOc1ccc(F)cc1F.Cl. The molecule has 0 aliphatic carbocycles. The van der Waals surface area contributed by atoms with Crippen LogP contribution in [0.3, 0.4) is 0 Å². The molecule has 3 N–H and O–H groups in total. The Kier molecular flexibility index (Phi) is 8.21. The number of amides is 1. The average Bonchev–Trinajstić information content (AvgIpc) is 2.33. The summed E-state index contributed by atoms with van der Waals surface area (Å²) in [4.78, 5) is 11.5. The quantitative estimate of drug-likeness (QED) is 0.758. The van der Waals surface area contributed by atoms with Crippen molar-refractivity contribution in [3.63, 3.8) is 0 Å². The van der Waals surface area contributed by atoms with Crippen molar-refractivity contribution >= 4 is 18.3 Å². The number of hydrogen-bond acceptors (Lipinski definition) is 3. The van der Waals surface area contributed by atoms with Gasteiger partial charge in [0.05, 0.1) is 6.61 Å². The first-order valence-electron chi connectivity index (χ1n) is 6.41. The van der Waals surface area contributed by atoms with Gasteiger partial charge in [-0.15, -0.1) is 12.4 Å². The molecule has 0 atom stereocenters. The maximum absolute atomic E-state index is 13.2. The van der Waals surface area contributed by atoms with E-state index in [-0.39, 0.29) is 37.1 Å². The highest BCUT2D eigenvalue weighted by atomic mass is 35.5. The first-order valence-corrected chi connectivity index (χ1v) is 6.41. The second kappa shape index (κ2) is 8.79. The number of benzene rings is 1. The standard InChI is InChI=1S/C14H20F2N2O2.ClH/c1-14(2,17)9-18-13(19)4-3-7-20-12-6-5-10(15)8-11(12)16;/h5-6,8H,3-4,7,9,17H2,1-2H3,(H,18,19);1H. The molecule has 0 saturated heterocycles. The fourth-order valence-corrected chi connectivity index (χ4v) is 1.42. The minimum atomic E-state index is -0.751. The number of nitrogens with two attached hydrogens (primary N) is 1. The van der Waals surface area contributed by atoms with Crippen LogP contribution in [-0.2, 0) is 4.79 Å². The molecule has 7 heteroatoms. The van der Waals surface area contributed by atoms with Gasteiger partial charge in [0.2, 0.25) is 5.91 Å². The van der Waals surface area contributed by atoms with Crippen molar-refractivity contribution in [2.24, 2.45) is 5.73 Å². The van der Waals surface area contributed by atoms with Gasteiger partial charge in [0, 0.05) is 24.6 Å². The summed E-state index contributed by atoms with van der Waals surface area (Å²) in [5.41, 5.74) is 5.28. The van der Waals surface area contributed by atoms with E-state index in [0.717, 1.165) is 12.1 Å². The van der Waals surface area contributed by atoms with Crippen LogP contribution in [0, 0.1) is 11.6 Å². The lowest BCUT2D eigenvalue weighted by molar-refractivity contribution is -0.121. The van der Waals surface area contributed by atoms with Gasteiger partial charge in [0.15, 0.2) is 11.6 Å². The van der Waals surface area contributed by atoms with E-state index in [1.54, 1.807) is 0 Å². The fraction of sp³-hybridized carbons (Fsp3) is 0.500. The predicted octanol–water partition coefficient (Wildman–Crippen LogP) is 2.40. The van der Waals surface area contributed by atoms with Crippen LogP contribution in [0.15, 0.2) is 18.2 Å². The maximum atomic E-state index is 13.2. The number of rotatable bonds is 7. The van der Waals surface area contributed by atoms with Crippen molar-refractivity contribution in [2.75, 3.05) is 13.2 Å². The van der Waals surface area contributed by atoms with Gasteiger partial charge in [-0.05, 0) is 32.4 Å². The normalized spacial score (nSPS) is 10.7. The molecular weight excluding hydrogens is 302 g/mol. The molecule has 120 valence electrons. The smallest absolute Gasteiger partial charge is 0.220 e. The Morgan fingerprint density at radius 3 is 2.62 bits per heavy atom. The van der Waals surface area contributed by atoms with Crippen LogP contribution >= 0.6 is 12.4 Å². The molecular formula is C14H21ClF2N2O2. The van der Waals surface area contributed by atoms with Crippen LogP contribution < -0.4 is 15.8 Å². The zero-order chi connectivity index (χ0) is 15.2. The monoisotopic (exact) mass is 322 g/mol. The molecule has 0 spiro atoms. The van der Waals surface area contributed by atoms with E-state index in [4.69, 9.17) is 10.5 Å². The number of carbonyl (C=O) groups excluding carboxylic acids is 1. The fourth-order valence-electron chi connectivity index (χ4n) is 1.42. The van der Waals surface area contributed by atoms with Crippen molar-refractivity contribution in [3.8, 4) is 5.75 Å². The van der Waals surface area contributed by atoms with Crippen LogP contribution in [0.4, 0.5) is 8.78 Å². The first kappa shape index (κ1) is 19.6. The van der Waals surface area contributed by atoms with E-state index >= 15 is 0 Å². The van der Waals surface area contributed by atoms with Gasteiger partial charge in [0.1, 0.15) is 5.82 Å². The van der Waals surface area contributed by atoms with E-state index in [1.165, 1.54) is 6.07 Å². The molecule has 0 heterocycles. The number of carbonyl (C=O) groups is 1. The Morgan fingerprint density at radius 2 is 2.05 bits per heavy atom. The molecule has 0 aliphatic rings. The van der Waals surface area contributed by atoms with Crippen molar-refractivity contribution in [1.82, 2.24) is 5.32 Å². The molecule has 0 saturated carbocycles. The minimum Gasteiger partial charge on any atom is -0.491 e. The maximum Gasteiger partial charge on any atom is 0.220 e. The second-order valence-corrected chi connectivity index (χ2v) is 5.29. The van der Waals surface area contributed by atoms with Gasteiger partial charge in [-0.25, -0.2) is 8.78 Å². The topological polar surface area (TPSA) is 64.3 Å². The highest BCUT2D eigenvalue weighted by molar-refractivity contribution is 5.85. The molecule has 0 aliphatic heterocycles. The minimum absolute atomic E-state index is 0. The van der Waals surface area contributed by atoms with Gasteiger partial charge in [-0.2, -0.15) is 0 Å². The van der Waals surface area contributed by atoms with E-state index in [0.29, 0.717) is 13.0 Å². The lowest BCUT2D eigenvalue weighted by Gasteiger charge is -2.18. The van der Waals surface area contributed by atoms with Gasteiger partial charge < -0.3 is 15.8 Å². The number of nitrogens with one attached hydrogen (secondary N) is 1. The van der Waals surface area contributed by atoms with Crippen molar-refractivity contribution < 1.29 is 18.3 Å². The third kappa shape index (κ3) is 8.47. The van der Waals surface area contributed by atoms with E-state index in [2.05, 4.69) is 5.32 Å². The van der Waals surface area contributed by atoms with Gasteiger partial charge in [0.25, 0.3) is 0 Å². The Balaban J connectivity index is 0.00000400. The predicted molar refractivity (Wildman–Crippen MR) is 79.6 cm³/mol. The highest BCUT2D eigenvalue weighted by Crippen LogP contribution is 2.17. The van der Waals surface area contributed by atoms with Crippen LogP contribution in [0.25, 0.3) is 0 Å². The molecule has 0 fully saturated rings. The lowest BCUT2D eigenvalue weighted by atomic mass is 10.1. The molecule has 0 bridgehead atoms. The molecule has 0 radical (unpaired) electrons. The largest absolute Gasteiger partial charge is 0.491 e. The molecule has 4 nitrogen and oxygen atoms in total. The summed E-state index contributed by atoms with van der Waals surface area (Å²) >= 11 is 0. The Labute approximate surface area is 129 Å². The Bertz CT molecular complexity index is 465. The number of hydrogen-bond donors (Lipinski definition) is 2. The Morgan fingerprint density at radius 1 is 1.38 bits per heavy atom. The van der Waals surface area contributed by atoms with Crippen molar-refractivity contribution in [3.05, 3.63) is 29.8 Å². The van der Waals surface area contributed by atoms with Crippen molar-refractivity contribution in [2.45, 2.75) is 32.2 Å². The summed E-state index contributed by atoms with van der Waals surface area (Å²) in [5.74, 6) is -1.56. The summed E-state index contributed by atoms with van der Waals surface area (Å²) in [6.45, 7) is 4.20. The lowest BCUT2D eigenvalue weighted by Crippen LogP contribution is -2.45. The molecule has 0 aromatic heterocycles. The molecule has 0 unspecified atom stereocenters. The Hall–Kier alpha value is -1.40. The van der Waals surface area contributed by atoms with Gasteiger partial charge >= 0.3 is 0 Å². The number of halogens is 3. The van der Waals surface area contributed by atoms with Crippen LogP contribution in [-0.4, -0.2) is 24.6 Å². The molecule has 21 heavy (non-hydrogen) atoms. The summed E-state index contributed by atoms with van der Waals surface area (Å²) < 4.78 is 31.0. The van der Waals surface area contributed by atoms with Crippen LogP contribution in [0.2, 0.25) is 0 Å². The molecule has 1 rings (SSSR count). The van der Waals surface area contributed by atoms with Gasteiger partial charge in [-0.1, -0.05) is 0 Å². The molecule has 1 amide bonds. The van der Waals surface area contributed by atoms with E-state index < -0.39 is 17.2 Å². The van der Waals surface area contributed by atoms with E-state index in [9.17, 15) is 13.6 Å².